The fourth-order valence-electron chi connectivity index (χ4n) is 2.65. The van der Waals surface area contributed by atoms with Crippen LogP contribution in [0.2, 0.25) is 0 Å². The standard InChI is InChI=1S/C14H16F4N2O/c1-19-13(21)12-3-2-6-20(12)8-9-4-5-10(15)7-11(9)14(16,17)18/h4-5,7,12H,2-3,6,8H2,1H3,(H,19,21)/t12-/m0/s1. The van der Waals surface area contributed by atoms with Crippen molar-refractivity contribution >= 4 is 5.91 Å². The minimum absolute atomic E-state index is 0.0142. The van der Waals surface area contributed by atoms with E-state index in [1.807, 2.05) is 0 Å². The molecule has 1 amide bonds. The van der Waals surface area contributed by atoms with Gasteiger partial charge in [-0.1, -0.05) is 6.07 Å². The number of nitrogens with one attached hydrogen (secondary N) is 1. The maximum Gasteiger partial charge on any atom is 0.416 e. The summed E-state index contributed by atoms with van der Waals surface area (Å²) in [6.07, 6.45) is -3.25. The number of carbonyl (C=O) groups is 1. The number of likely N-dealkylation sites (N-methyl/N-ethyl adjacent to an activating group) is 1. The molecule has 1 aliphatic heterocycles. The van der Waals surface area contributed by atoms with Gasteiger partial charge in [-0.15, -0.1) is 0 Å². The van der Waals surface area contributed by atoms with E-state index >= 15 is 0 Å². The lowest BCUT2D eigenvalue weighted by Crippen LogP contribution is -2.41. The van der Waals surface area contributed by atoms with Crippen LogP contribution >= 0.6 is 0 Å². The van der Waals surface area contributed by atoms with Gasteiger partial charge in [0, 0.05) is 13.6 Å². The van der Waals surface area contributed by atoms with E-state index in [1.54, 1.807) is 4.90 Å². The van der Waals surface area contributed by atoms with Crippen molar-refractivity contribution in [3.8, 4) is 0 Å². The van der Waals surface area contributed by atoms with E-state index in [0.717, 1.165) is 18.6 Å². The molecule has 0 saturated carbocycles. The van der Waals surface area contributed by atoms with Crippen LogP contribution in [-0.4, -0.2) is 30.4 Å². The average molecular weight is 304 g/mol. The minimum atomic E-state index is -4.61. The maximum atomic E-state index is 13.1. The molecule has 1 aliphatic rings. The second-order valence-electron chi connectivity index (χ2n) is 5.04. The molecule has 1 atom stereocenters. The van der Waals surface area contributed by atoms with Crippen molar-refractivity contribution in [2.45, 2.75) is 31.6 Å². The Kier molecular flexibility index (Phi) is 4.51. The van der Waals surface area contributed by atoms with E-state index in [1.165, 1.54) is 7.05 Å². The summed E-state index contributed by atoms with van der Waals surface area (Å²) < 4.78 is 52.0. The first kappa shape index (κ1) is 15.8. The highest BCUT2D eigenvalue weighted by Gasteiger charge is 2.36. The summed E-state index contributed by atoms with van der Waals surface area (Å²) in [5.41, 5.74) is -0.996. The number of benzene rings is 1. The molecule has 1 saturated heterocycles. The van der Waals surface area contributed by atoms with Crippen LogP contribution in [0.4, 0.5) is 17.6 Å². The summed E-state index contributed by atoms with van der Waals surface area (Å²) in [5, 5.41) is 2.51. The molecule has 0 unspecified atom stereocenters. The highest BCUT2D eigenvalue weighted by molar-refractivity contribution is 5.81. The van der Waals surface area contributed by atoms with Crippen molar-refractivity contribution in [3.63, 3.8) is 0 Å². The quantitative estimate of drug-likeness (QED) is 0.871. The van der Waals surface area contributed by atoms with Gasteiger partial charge in [-0.25, -0.2) is 4.39 Å². The third-order valence-corrected chi connectivity index (χ3v) is 3.66. The Labute approximate surface area is 119 Å². The van der Waals surface area contributed by atoms with Crippen LogP contribution in [0.3, 0.4) is 0 Å². The Bertz CT molecular complexity index is 530. The Morgan fingerprint density at radius 1 is 1.43 bits per heavy atom. The lowest BCUT2D eigenvalue weighted by Gasteiger charge is -2.24. The molecule has 7 heteroatoms. The molecular formula is C14H16F4N2O. The summed E-state index contributed by atoms with van der Waals surface area (Å²) in [4.78, 5) is 13.4. The van der Waals surface area contributed by atoms with Crippen molar-refractivity contribution in [2.24, 2.45) is 0 Å². The molecule has 1 fully saturated rings. The Morgan fingerprint density at radius 3 is 2.76 bits per heavy atom. The molecule has 21 heavy (non-hydrogen) atoms. The molecule has 1 aromatic rings. The number of alkyl halides is 3. The first-order chi connectivity index (χ1) is 9.82. The van der Waals surface area contributed by atoms with Crippen LogP contribution in [0.15, 0.2) is 18.2 Å². The smallest absolute Gasteiger partial charge is 0.358 e. The van der Waals surface area contributed by atoms with Crippen molar-refractivity contribution in [1.82, 2.24) is 10.2 Å². The largest absolute Gasteiger partial charge is 0.416 e. The number of amides is 1. The third kappa shape index (κ3) is 3.53. The molecule has 0 bridgehead atoms. The number of likely N-dealkylation sites (tertiary alicyclic amines) is 1. The Balaban J connectivity index is 2.25. The van der Waals surface area contributed by atoms with Crippen LogP contribution in [0, 0.1) is 5.82 Å². The van der Waals surface area contributed by atoms with E-state index < -0.39 is 23.6 Å². The molecule has 0 aromatic heterocycles. The van der Waals surface area contributed by atoms with Crippen LogP contribution in [0.1, 0.15) is 24.0 Å². The lowest BCUT2D eigenvalue weighted by atomic mass is 10.1. The first-order valence-corrected chi connectivity index (χ1v) is 6.64. The van der Waals surface area contributed by atoms with E-state index in [4.69, 9.17) is 0 Å². The van der Waals surface area contributed by atoms with Gasteiger partial charge in [0.2, 0.25) is 5.91 Å². The molecule has 0 spiro atoms. The van der Waals surface area contributed by atoms with Crippen molar-refractivity contribution < 1.29 is 22.4 Å². The van der Waals surface area contributed by atoms with Gasteiger partial charge in [0.25, 0.3) is 0 Å². The summed E-state index contributed by atoms with van der Waals surface area (Å²) in [6, 6.07) is 2.22. The molecule has 3 nitrogen and oxygen atoms in total. The van der Waals surface area contributed by atoms with Crippen molar-refractivity contribution in [1.29, 1.82) is 0 Å². The van der Waals surface area contributed by atoms with E-state index in [9.17, 15) is 22.4 Å². The van der Waals surface area contributed by atoms with Crippen LogP contribution in [-0.2, 0) is 17.5 Å². The number of hydrogen-bond donors (Lipinski definition) is 1. The summed E-state index contributed by atoms with van der Waals surface area (Å²) in [7, 11) is 1.50. The topological polar surface area (TPSA) is 32.3 Å². The van der Waals surface area contributed by atoms with E-state index in [2.05, 4.69) is 5.32 Å². The Hall–Kier alpha value is -1.63. The molecule has 0 aliphatic carbocycles. The van der Waals surface area contributed by atoms with E-state index in [-0.39, 0.29) is 18.0 Å². The van der Waals surface area contributed by atoms with Gasteiger partial charge in [0.1, 0.15) is 5.82 Å². The number of hydrogen-bond acceptors (Lipinski definition) is 2. The van der Waals surface area contributed by atoms with Gasteiger partial charge < -0.3 is 5.32 Å². The van der Waals surface area contributed by atoms with E-state index in [0.29, 0.717) is 19.0 Å². The second kappa shape index (κ2) is 6.01. The lowest BCUT2D eigenvalue weighted by molar-refractivity contribution is -0.138. The van der Waals surface area contributed by atoms with Gasteiger partial charge in [-0.05, 0) is 37.1 Å². The summed E-state index contributed by atoms with van der Waals surface area (Å²) in [6.45, 7) is 0.528. The first-order valence-electron chi connectivity index (χ1n) is 6.64. The summed E-state index contributed by atoms with van der Waals surface area (Å²) >= 11 is 0. The van der Waals surface area contributed by atoms with Gasteiger partial charge in [0.15, 0.2) is 0 Å². The van der Waals surface area contributed by atoms with Gasteiger partial charge in [0.05, 0.1) is 11.6 Å². The van der Waals surface area contributed by atoms with Crippen LogP contribution in [0.5, 0.6) is 0 Å². The predicted octanol–water partition coefficient (Wildman–Crippen LogP) is 2.55. The third-order valence-electron chi connectivity index (χ3n) is 3.66. The van der Waals surface area contributed by atoms with Crippen molar-refractivity contribution in [3.05, 3.63) is 35.1 Å². The van der Waals surface area contributed by atoms with Crippen LogP contribution in [0.25, 0.3) is 0 Å². The fraction of sp³-hybridized carbons (Fsp3) is 0.500. The van der Waals surface area contributed by atoms with Gasteiger partial charge in [-0.2, -0.15) is 13.2 Å². The van der Waals surface area contributed by atoms with Crippen molar-refractivity contribution in [2.75, 3.05) is 13.6 Å². The number of rotatable bonds is 3. The molecule has 2 rings (SSSR count). The van der Waals surface area contributed by atoms with Crippen LogP contribution < -0.4 is 5.32 Å². The molecule has 1 N–H and O–H groups in total. The number of halogens is 4. The monoisotopic (exact) mass is 304 g/mol. The number of nitrogens with zero attached hydrogens (tertiary/aromatic N) is 1. The normalized spacial score (nSPS) is 19.8. The zero-order valence-electron chi connectivity index (χ0n) is 11.5. The molecule has 1 aromatic carbocycles. The minimum Gasteiger partial charge on any atom is -0.358 e. The zero-order chi connectivity index (χ0) is 15.6. The highest BCUT2D eigenvalue weighted by Crippen LogP contribution is 2.34. The number of carbonyl (C=O) groups excluding carboxylic acids is 1. The SMILES string of the molecule is CNC(=O)[C@@H]1CCCN1Cc1ccc(F)cc1C(F)(F)F. The van der Waals surface area contributed by atoms with Gasteiger partial charge in [-0.3, -0.25) is 9.69 Å². The molecular weight excluding hydrogens is 288 g/mol. The summed E-state index contributed by atoms with van der Waals surface area (Å²) in [5.74, 6) is -1.13. The highest BCUT2D eigenvalue weighted by atomic mass is 19.4. The second-order valence-corrected chi connectivity index (χ2v) is 5.04. The fourth-order valence-corrected chi connectivity index (χ4v) is 2.65. The molecule has 0 radical (unpaired) electrons. The maximum absolute atomic E-state index is 13.1. The Morgan fingerprint density at radius 2 is 2.14 bits per heavy atom. The zero-order valence-corrected chi connectivity index (χ0v) is 11.5. The van der Waals surface area contributed by atoms with Gasteiger partial charge >= 0.3 is 6.18 Å². The average Bonchev–Trinajstić information content (AvgIpc) is 2.87. The molecule has 116 valence electrons. The predicted molar refractivity (Wildman–Crippen MR) is 68.9 cm³/mol. The molecule has 1 heterocycles.